The third kappa shape index (κ3) is 18.5. The first kappa shape index (κ1) is 38.9. The van der Waals surface area contributed by atoms with E-state index in [1.54, 1.807) is 0 Å². The maximum absolute atomic E-state index is 0. The summed E-state index contributed by atoms with van der Waals surface area (Å²) in [7, 11) is 0. The standard InChI is InChI=1S/Ca.Fe.Mg.H2S.Zn.4H/h;;;1H2;;;;;. The molecule has 5 heteroatoms. The molecule has 0 nitrogen and oxygen atoms in total. The summed E-state index contributed by atoms with van der Waals surface area (Å²) in [5.74, 6) is 0. The first-order valence-electron chi connectivity index (χ1n) is 0. The van der Waals surface area contributed by atoms with E-state index in [-0.39, 0.29) is 111 Å². The van der Waals surface area contributed by atoms with E-state index in [1.165, 1.54) is 0 Å². The Hall–Kier alpha value is 3.52. The van der Waals surface area contributed by atoms with E-state index in [0.29, 0.717) is 0 Å². The van der Waals surface area contributed by atoms with Crippen molar-refractivity contribution in [2.24, 2.45) is 0 Å². The molecule has 0 unspecified atom stereocenters. The van der Waals surface area contributed by atoms with Crippen molar-refractivity contribution >= 4 is 74.3 Å². The van der Waals surface area contributed by atoms with E-state index in [4.69, 9.17) is 0 Å². The summed E-state index contributed by atoms with van der Waals surface area (Å²) in [4.78, 5) is 0. The van der Waals surface area contributed by atoms with Crippen molar-refractivity contribution in [3.63, 3.8) is 0 Å². The van der Waals surface area contributed by atoms with Crippen molar-refractivity contribution in [1.29, 1.82) is 0 Å². The Labute approximate surface area is 108 Å². The molecule has 0 bridgehead atoms. The third-order valence-electron chi connectivity index (χ3n) is 0. The van der Waals surface area contributed by atoms with E-state index >= 15 is 0 Å². The molecule has 0 aromatic heterocycles. The second kappa shape index (κ2) is 25.8. The molecule has 0 heterocycles. The summed E-state index contributed by atoms with van der Waals surface area (Å²) in [6, 6.07) is 0. The van der Waals surface area contributed by atoms with Gasteiger partial charge in [-0.05, 0) is 0 Å². The fraction of sp³-hybridized carbons (Fsp3) is 0. The average Bonchev–Trinajstić information content (AvgIpc) is 0. The Bertz CT molecular complexity index is 11.6. The van der Waals surface area contributed by atoms with Gasteiger partial charge in [-0.2, -0.15) is 13.5 Å². The molecule has 0 spiro atoms. The maximum atomic E-state index is 0. The summed E-state index contributed by atoms with van der Waals surface area (Å²) in [6.45, 7) is 0. The van der Waals surface area contributed by atoms with Crippen LogP contribution in [0.3, 0.4) is 0 Å². The molecule has 0 N–H and O–H groups in total. The van der Waals surface area contributed by atoms with E-state index in [9.17, 15) is 0 Å². The molecule has 0 saturated heterocycles. The van der Waals surface area contributed by atoms with Crippen LogP contribution in [0.1, 0.15) is 0 Å². The Balaban J connectivity index is 0. The van der Waals surface area contributed by atoms with Crippen molar-refractivity contribution in [3.8, 4) is 0 Å². The molecule has 0 amide bonds. The Morgan fingerprint density at radius 2 is 1.00 bits per heavy atom. The number of hydrogen-bond donors (Lipinski definition) is 0. The summed E-state index contributed by atoms with van der Waals surface area (Å²) in [5.41, 5.74) is 0. The second-order valence-corrected chi connectivity index (χ2v) is 0. The van der Waals surface area contributed by atoms with Crippen molar-refractivity contribution in [3.05, 3.63) is 0 Å². The minimum absolute atomic E-state index is 0. The topological polar surface area (TPSA) is 0 Å². The average molecular weight is 224 g/mol. The Kier molecular flexibility index (Phi) is 201. The molecule has 0 rings (SSSR count). The molecule has 26 valence electrons. The van der Waals surface area contributed by atoms with Gasteiger partial charge in [-0.15, -0.1) is 0 Å². The Morgan fingerprint density at radius 1 is 1.00 bits per heavy atom. The van der Waals surface area contributed by atoms with Gasteiger partial charge >= 0.3 is 60.8 Å². The summed E-state index contributed by atoms with van der Waals surface area (Å²) < 4.78 is 0. The van der Waals surface area contributed by atoms with Crippen LogP contribution in [0.5, 0.6) is 0 Å². The van der Waals surface area contributed by atoms with Gasteiger partial charge in [0.25, 0.3) is 0 Å². The van der Waals surface area contributed by atoms with Crippen LogP contribution < -0.4 is 0 Å². The quantitative estimate of drug-likeness (QED) is 0.429. The molecule has 0 aliphatic heterocycles. The zero-order valence-corrected chi connectivity index (χ0v) is 6.63. The van der Waals surface area contributed by atoms with Crippen LogP contribution >= 0.6 is 13.5 Å². The molecule has 0 fully saturated rings. The summed E-state index contributed by atoms with van der Waals surface area (Å²) in [6.07, 6.45) is 0. The van der Waals surface area contributed by atoms with E-state index in [0.717, 1.165) is 0 Å². The smallest absolute Gasteiger partial charge is 0 e. The van der Waals surface area contributed by atoms with Crippen LogP contribution in [-0.4, -0.2) is 60.8 Å². The zero-order chi connectivity index (χ0) is 0. The van der Waals surface area contributed by atoms with Gasteiger partial charge in [0.2, 0.25) is 0 Å². The van der Waals surface area contributed by atoms with Gasteiger partial charge in [-0.25, -0.2) is 0 Å². The van der Waals surface area contributed by atoms with Gasteiger partial charge in [-0.1, -0.05) is 0 Å². The van der Waals surface area contributed by atoms with Gasteiger partial charge in [0.15, 0.2) is 0 Å². The van der Waals surface area contributed by atoms with Crippen LogP contribution in [0.2, 0.25) is 0 Å². The molecule has 5 heavy (non-hydrogen) atoms. The van der Waals surface area contributed by atoms with Gasteiger partial charge in [0.05, 0.1) is 0 Å². The van der Waals surface area contributed by atoms with Crippen LogP contribution in [0, 0.1) is 0 Å². The number of rotatable bonds is 0. The first-order valence-corrected chi connectivity index (χ1v) is 0. The first-order chi connectivity index (χ1) is 0. The number of hydrogen-bond acceptors (Lipinski definition) is 0. The largest absolute Gasteiger partial charge is 0.316 e. The van der Waals surface area contributed by atoms with Crippen molar-refractivity contribution in [2.75, 3.05) is 0 Å². The third-order valence-corrected chi connectivity index (χ3v) is 0. The van der Waals surface area contributed by atoms with Crippen LogP contribution in [-0.2, 0) is 36.5 Å². The van der Waals surface area contributed by atoms with Crippen LogP contribution in [0.25, 0.3) is 0 Å². The Morgan fingerprint density at radius 3 is 1.00 bits per heavy atom. The van der Waals surface area contributed by atoms with Crippen molar-refractivity contribution < 1.29 is 36.5 Å². The molecule has 0 aromatic rings. The summed E-state index contributed by atoms with van der Waals surface area (Å²) in [5, 5.41) is 0. The van der Waals surface area contributed by atoms with Gasteiger partial charge in [0, 0.05) is 36.5 Å². The van der Waals surface area contributed by atoms with Gasteiger partial charge in [0.1, 0.15) is 0 Å². The molecular weight excluding hydrogens is 218 g/mol. The molecule has 0 aliphatic carbocycles. The SMILES string of the molecule is S.[CaH2].[Fe].[MgH2].[Zn]. The molecule has 0 aromatic carbocycles. The minimum atomic E-state index is 0. The fourth-order valence-corrected chi connectivity index (χ4v) is 0. The molecule has 0 aliphatic rings. The molecular formula is H6CaFeMgSZn. The predicted molar refractivity (Wildman–Crippen MR) is 27.5 cm³/mol. The summed E-state index contributed by atoms with van der Waals surface area (Å²) >= 11 is 0. The second-order valence-electron chi connectivity index (χ2n) is 0. The normalized spacial score (nSPS) is 0. The zero-order valence-electron chi connectivity index (χ0n) is 1.56. The molecule has 0 radical (unpaired) electrons. The van der Waals surface area contributed by atoms with Gasteiger partial charge < -0.3 is 0 Å². The molecule has 0 saturated carbocycles. The van der Waals surface area contributed by atoms with E-state index in [1.807, 2.05) is 0 Å². The van der Waals surface area contributed by atoms with Gasteiger partial charge in [-0.3, -0.25) is 0 Å². The van der Waals surface area contributed by atoms with E-state index < -0.39 is 0 Å². The van der Waals surface area contributed by atoms with Crippen molar-refractivity contribution in [2.45, 2.75) is 0 Å². The van der Waals surface area contributed by atoms with Crippen molar-refractivity contribution in [1.82, 2.24) is 0 Å². The van der Waals surface area contributed by atoms with Crippen LogP contribution in [0.4, 0.5) is 0 Å². The van der Waals surface area contributed by atoms with E-state index in [2.05, 4.69) is 0 Å². The van der Waals surface area contributed by atoms with Crippen LogP contribution in [0.15, 0.2) is 0 Å². The minimum Gasteiger partial charge on any atom is 0 e. The molecule has 0 atom stereocenters. The monoisotopic (exact) mass is 222 g/mol. The fourth-order valence-electron chi connectivity index (χ4n) is 0. The predicted octanol–water partition coefficient (Wildman–Crippen LogP) is -1.72. The maximum Gasteiger partial charge on any atom is 0.316 e.